The molecule has 4 aromatic rings. The Kier molecular flexibility index (Phi) is 7.42. The molecule has 0 radical (unpaired) electrons. The highest BCUT2D eigenvalue weighted by atomic mass is 19.1. The minimum Gasteiger partial charge on any atom is -0.493 e. The minimum atomic E-state index is -1.01. The van der Waals surface area contributed by atoms with Gasteiger partial charge in [-0.2, -0.15) is 0 Å². The molecule has 11 heteroatoms. The Morgan fingerprint density at radius 1 is 1.08 bits per heavy atom. The first-order valence-electron chi connectivity index (χ1n) is 12.3. The summed E-state index contributed by atoms with van der Waals surface area (Å²) in [5.74, 6) is -1.99. The van der Waals surface area contributed by atoms with Crippen LogP contribution in [-0.4, -0.2) is 41.7 Å². The molecule has 3 N–H and O–H groups in total. The fourth-order valence-electron chi connectivity index (χ4n) is 3.77. The highest BCUT2D eigenvalue weighted by molar-refractivity contribution is 6.06. The lowest BCUT2D eigenvalue weighted by Gasteiger charge is -2.15. The van der Waals surface area contributed by atoms with Crippen LogP contribution in [0.5, 0.6) is 28.7 Å². The van der Waals surface area contributed by atoms with Gasteiger partial charge in [-0.15, -0.1) is 0 Å². The molecule has 202 valence electrons. The van der Waals surface area contributed by atoms with Crippen LogP contribution in [0.25, 0.3) is 10.9 Å². The number of halogens is 2. The Hall–Kier alpha value is -4.51. The number of rotatable bonds is 10. The van der Waals surface area contributed by atoms with Gasteiger partial charge in [0.05, 0.1) is 24.3 Å². The summed E-state index contributed by atoms with van der Waals surface area (Å²) in [6.07, 6.45) is 6.16. The quantitative estimate of drug-likeness (QED) is 0.283. The molecule has 2 aromatic heterocycles. The van der Waals surface area contributed by atoms with E-state index in [0.29, 0.717) is 28.2 Å². The first-order chi connectivity index (χ1) is 18.8. The molecule has 0 aliphatic heterocycles. The van der Waals surface area contributed by atoms with Crippen molar-refractivity contribution in [2.75, 3.05) is 19.0 Å². The van der Waals surface area contributed by atoms with E-state index in [1.165, 1.54) is 31.8 Å². The summed E-state index contributed by atoms with van der Waals surface area (Å²) >= 11 is 0. The van der Waals surface area contributed by atoms with Gasteiger partial charge in [-0.25, -0.2) is 8.78 Å². The van der Waals surface area contributed by atoms with Crippen molar-refractivity contribution in [2.45, 2.75) is 31.9 Å². The zero-order chi connectivity index (χ0) is 27.5. The smallest absolute Gasteiger partial charge is 0.261 e. The van der Waals surface area contributed by atoms with Crippen molar-refractivity contribution < 1.29 is 32.5 Å². The number of hydrogen-bond donors (Lipinski definition) is 2. The SMILES string of the molecule is COc1cc2c(Oc3c(F)cc(NC(=O)c4cnccc4OC4CC4)cc3F)ccnc2cc1OC[C@H](C)N. The van der Waals surface area contributed by atoms with Gasteiger partial charge in [0, 0.05) is 53.9 Å². The average Bonchev–Trinajstić information content (AvgIpc) is 3.73. The Labute approximate surface area is 222 Å². The number of methoxy groups -OCH3 is 1. The number of nitrogens with zero attached hydrogens (tertiary/aromatic N) is 2. The van der Waals surface area contributed by atoms with Crippen LogP contribution in [0.15, 0.2) is 55.0 Å². The molecule has 0 spiro atoms. The van der Waals surface area contributed by atoms with E-state index in [9.17, 15) is 4.79 Å². The lowest BCUT2D eigenvalue weighted by molar-refractivity contribution is 0.102. The highest BCUT2D eigenvalue weighted by Gasteiger charge is 2.26. The number of ether oxygens (including phenoxy) is 4. The topological polar surface area (TPSA) is 118 Å². The summed E-state index contributed by atoms with van der Waals surface area (Å²) in [5, 5.41) is 2.93. The zero-order valence-corrected chi connectivity index (χ0v) is 21.2. The van der Waals surface area contributed by atoms with Gasteiger partial charge in [0.25, 0.3) is 5.91 Å². The summed E-state index contributed by atoms with van der Waals surface area (Å²) < 4.78 is 52.6. The van der Waals surface area contributed by atoms with Gasteiger partial charge in [0.2, 0.25) is 0 Å². The molecule has 1 amide bonds. The standard InChI is InChI=1S/C28H26F2N4O5/c1-15(31)14-37-26-12-22-18(11-25(26)36-2)23(6-8-33-22)39-27-20(29)9-16(10-21(27)30)34-28(35)19-13-32-7-5-24(19)38-17-3-4-17/h5-13,15,17H,3-4,14,31H2,1-2H3,(H,34,35)/t15-/m0/s1. The Morgan fingerprint density at radius 2 is 1.82 bits per heavy atom. The van der Waals surface area contributed by atoms with Crippen LogP contribution in [0.1, 0.15) is 30.1 Å². The monoisotopic (exact) mass is 536 g/mol. The van der Waals surface area contributed by atoms with E-state index in [4.69, 9.17) is 24.7 Å². The number of pyridine rings is 2. The fraction of sp³-hybridized carbons (Fsp3) is 0.250. The van der Waals surface area contributed by atoms with Gasteiger partial charge < -0.3 is 30.0 Å². The van der Waals surface area contributed by atoms with Crippen LogP contribution in [-0.2, 0) is 0 Å². The van der Waals surface area contributed by atoms with E-state index in [2.05, 4.69) is 15.3 Å². The summed E-state index contributed by atoms with van der Waals surface area (Å²) in [7, 11) is 1.47. The molecule has 1 aliphatic rings. The maximum absolute atomic E-state index is 15.1. The molecular weight excluding hydrogens is 510 g/mol. The Balaban J connectivity index is 1.39. The molecule has 9 nitrogen and oxygen atoms in total. The highest BCUT2D eigenvalue weighted by Crippen LogP contribution is 2.39. The number of nitrogens with two attached hydrogens (primary N) is 1. The lowest BCUT2D eigenvalue weighted by atomic mass is 10.1. The lowest BCUT2D eigenvalue weighted by Crippen LogP contribution is -2.23. The van der Waals surface area contributed by atoms with Crippen LogP contribution in [0, 0.1) is 11.6 Å². The summed E-state index contributed by atoms with van der Waals surface area (Å²) in [6.45, 7) is 2.06. The van der Waals surface area contributed by atoms with Crippen molar-refractivity contribution >= 4 is 22.5 Å². The van der Waals surface area contributed by atoms with Crippen LogP contribution in [0.2, 0.25) is 0 Å². The number of nitrogens with one attached hydrogen (secondary N) is 1. The van der Waals surface area contributed by atoms with Gasteiger partial charge in [0.1, 0.15) is 18.1 Å². The largest absolute Gasteiger partial charge is 0.493 e. The molecule has 5 rings (SSSR count). The third-order valence-corrected chi connectivity index (χ3v) is 5.80. The molecule has 1 atom stereocenters. The number of hydrogen-bond acceptors (Lipinski definition) is 8. The molecule has 39 heavy (non-hydrogen) atoms. The molecular formula is C28H26F2N4O5. The number of carbonyl (C=O) groups excluding carboxylic acids is 1. The summed E-state index contributed by atoms with van der Waals surface area (Å²) in [6, 6.07) is 8.03. The molecule has 2 heterocycles. The van der Waals surface area contributed by atoms with Gasteiger partial charge >= 0.3 is 0 Å². The van der Waals surface area contributed by atoms with E-state index in [0.717, 1.165) is 25.0 Å². The number of anilines is 1. The fourth-order valence-corrected chi connectivity index (χ4v) is 3.77. The predicted octanol–water partition coefficient (Wildman–Crippen LogP) is 5.23. The van der Waals surface area contributed by atoms with Crippen molar-refractivity contribution in [3.8, 4) is 28.7 Å². The van der Waals surface area contributed by atoms with E-state index < -0.39 is 23.3 Å². The van der Waals surface area contributed by atoms with Crippen LogP contribution < -0.4 is 30.0 Å². The first kappa shape index (κ1) is 26.1. The van der Waals surface area contributed by atoms with Crippen LogP contribution >= 0.6 is 0 Å². The minimum absolute atomic E-state index is 0.0586. The van der Waals surface area contributed by atoms with Gasteiger partial charge in [-0.05, 0) is 38.0 Å². The summed E-state index contributed by atoms with van der Waals surface area (Å²) in [4.78, 5) is 21.1. The Morgan fingerprint density at radius 3 is 2.51 bits per heavy atom. The van der Waals surface area contributed by atoms with Gasteiger partial charge in [-0.1, -0.05) is 0 Å². The summed E-state index contributed by atoms with van der Waals surface area (Å²) in [5.41, 5.74) is 6.29. The third kappa shape index (κ3) is 5.99. The van der Waals surface area contributed by atoms with Crippen LogP contribution in [0.3, 0.4) is 0 Å². The number of carbonyl (C=O) groups is 1. The number of aromatic nitrogens is 2. The second-order valence-electron chi connectivity index (χ2n) is 9.13. The van der Waals surface area contributed by atoms with E-state index in [1.54, 1.807) is 25.1 Å². The first-order valence-corrected chi connectivity index (χ1v) is 12.3. The number of amides is 1. The molecule has 0 saturated heterocycles. The molecule has 1 saturated carbocycles. The molecule has 1 fully saturated rings. The van der Waals surface area contributed by atoms with Gasteiger partial charge in [0.15, 0.2) is 28.9 Å². The van der Waals surface area contributed by atoms with E-state index >= 15 is 8.78 Å². The van der Waals surface area contributed by atoms with E-state index in [1.807, 2.05) is 0 Å². The normalized spacial score (nSPS) is 13.6. The second kappa shape index (κ2) is 11.1. The number of benzene rings is 2. The average molecular weight is 537 g/mol. The predicted molar refractivity (Wildman–Crippen MR) is 140 cm³/mol. The van der Waals surface area contributed by atoms with Crippen molar-refractivity contribution in [2.24, 2.45) is 5.73 Å². The van der Waals surface area contributed by atoms with Crippen molar-refractivity contribution in [3.63, 3.8) is 0 Å². The van der Waals surface area contributed by atoms with E-state index in [-0.39, 0.29) is 35.8 Å². The molecule has 0 bridgehead atoms. The Bertz CT molecular complexity index is 1500. The van der Waals surface area contributed by atoms with Crippen LogP contribution in [0.4, 0.5) is 14.5 Å². The molecule has 2 aromatic carbocycles. The van der Waals surface area contributed by atoms with Crippen molar-refractivity contribution in [1.82, 2.24) is 9.97 Å². The maximum Gasteiger partial charge on any atom is 0.261 e. The molecule has 1 aliphatic carbocycles. The third-order valence-electron chi connectivity index (χ3n) is 5.80. The second-order valence-corrected chi connectivity index (χ2v) is 9.13. The maximum atomic E-state index is 15.1. The zero-order valence-electron chi connectivity index (χ0n) is 21.2. The van der Waals surface area contributed by atoms with Crippen molar-refractivity contribution in [3.05, 3.63) is 72.2 Å². The van der Waals surface area contributed by atoms with Crippen molar-refractivity contribution in [1.29, 1.82) is 0 Å². The molecule has 0 unspecified atom stereocenters. The van der Waals surface area contributed by atoms with Gasteiger partial charge in [-0.3, -0.25) is 14.8 Å². The number of fused-ring (bicyclic) bond motifs is 1.